The van der Waals surface area contributed by atoms with Crippen LogP contribution in [-0.2, 0) is 16.9 Å². The number of carbonyl (C=O) groups excluding carboxylic acids is 1. The number of fused-ring (bicyclic) bond motifs is 1. The maximum absolute atomic E-state index is 12.1. The van der Waals surface area contributed by atoms with Gasteiger partial charge in [0, 0.05) is 0 Å². The molecule has 6 nitrogen and oxygen atoms in total. The van der Waals surface area contributed by atoms with E-state index in [4.69, 9.17) is 4.42 Å². The first-order chi connectivity index (χ1) is 11.0. The van der Waals surface area contributed by atoms with Gasteiger partial charge in [-0.2, -0.15) is 11.3 Å². The Kier molecular flexibility index (Phi) is 4.06. The number of oxazole rings is 1. The molecule has 3 aromatic rings. The van der Waals surface area contributed by atoms with Gasteiger partial charge in [0.1, 0.15) is 12.1 Å². The number of nitrogens with zero attached hydrogens (tertiary/aromatic N) is 1. The van der Waals surface area contributed by atoms with Crippen molar-refractivity contribution >= 4 is 28.3 Å². The Morgan fingerprint density at radius 3 is 2.91 bits per heavy atom. The molecule has 1 atom stereocenters. The van der Waals surface area contributed by atoms with E-state index in [0.717, 1.165) is 5.56 Å². The second-order valence-corrected chi connectivity index (χ2v) is 6.26. The highest BCUT2D eigenvalue weighted by molar-refractivity contribution is 7.08. The third-order valence-corrected chi connectivity index (χ3v) is 4.33. The van der Waals surface area contributed by atoms with Crippen LogP contribution >= 0.6 is 11.3 Å². The Bertz CT molecular complexity index is 877. The molecule has 3 rings (SSSR count). The van der Waals surface area contributed by atoms with E-state index in [1.165, 1.54) is 15.9 Å². The van der Waals surface area contributed by atoms with Crippen LogP contribution in [0, 0.1) is 0 Å². The van der Waals surface area contributed by atoms with Gasteiger partial charge >= 0.3 is 5.76 Å². The van der Waals surface area contributed by atoms with Crippen LogP contribution < -0.4 is 11.1 Å². The van der Waals surface area contributed by atoms with Gasteiger partial charge in [0.2, 0.25) is 5.91 Å². The van der Waals surface area contributed by atoms with E-state index in [9.17, 15) is 14.7 Å². The van der Waals surface area contributed by atoms with Crippen LogP contribution in [0.1, 0.15) is 12.5 Å². The first-order valence-corrected chi connectivity index (χ1v) is 8.02. The molecule has 2 N–H and O–H groups in total. The molecular formula is C16H16N2O4S. The highest BCUT2D eigenvalue weighted by Gasteiger charge is 2.24. The number of rotatable bonds is 5. The number of benzene rings is 1. The molecule has 23 heavy (non-hydrogen) atoms. The molecule has 0 spiro atoms. The second-order valence-electron chi connectivity index (χ2n) is 5.48. The molecule has 120 valence electrons. The lowest BCUT2D eigenvalue weighted by Gasteiger charge is -2.22. The van der Waals surface area contributed by atoms with Gasteiger partial charge in [0.15, 0.2) is 5.58 Å². The fourth-order valence-electron chi connectivity index (χ4n) is 2.31. The summed E-state index contributed by atoms with van der Waals surface area (Å²) in [6, 6.07) is 8.73. The summed E-state index contributed by atoms with van der Waals surface area (Å²) in [5.41, 5.74) is 0.598. The van der Waals surface area contributed by atoms with Crippen molar-refractivity contribution in [1.29, 1.82) is 0 Å². The smallest absolute Gasteiger partial charge is 0.408 e. The van der Waals surface area contributed by atoms with E-state index in [2.05, 4.69) is 5.32 Å². The van der Waals surface area contributed by atoms with Crippen LogP contribution in [0.25, 0.3) is 11.1 Å². The summed E-state index contributed by atoms with van der Waals surface area (Å²) in [5.74, 6) is -0.944. The Morgan fingerprint density at radius 2 is 2.17 bits per heavy atom. The molecule has 0 bridgehead atoms. The first-order valence-electron chi connectivity index (χ1n) is 7.07. The Balaban J connectivity index is 1.70. The van der Waals surface area contributed by atoms with E-state index in [1.54, 1.807) is 31.2 Å². The number of aromatic nitrogens is 1. The number of carbonyl (C=O) groups is 1. The second kappa shape index (κ2) is 6.02. The molecule has 1 amide bonds. The highest BCUT2D eigenvalue weighted by atomic mass is 32.1. The van der Waals surface area contributed by atoms with Gasteiger partial charge in [-0.1, -0.05) is 12.1 Å². The Morgan fingerprint density at radius 1 is 1.39 bits per heavy atom. The van der Waals surface area contributed by atoms with Crippen molar-refractivity contribution in [1.82, 2.24) is 9.88 Å². The van der Waals surface area contributed by atoms with Crippen molar-refractivity contribution in [3.05, 3.63) is 57.2 Å². The number of hydrogen-bond acceptors (Lipinski definition) is 5. The highest BCUT2D eigenvalue weighted by Crippen LogP contribution is 2.22. The standard InChI is InChI=1S/C16H16N2O4S/c1-16(21,11-6-7-23-9-11)10-17-14(19)8-18-12-4-2-3-5-13(12)22-15(18)20/h2-7,9,21H,8,10H2,1H3,(H,17,19). The maximum Gasteiger partial charge on any atom is 0.420 e. The van der Waals surface area contributed by atoms with Gasteiger partial charge < -0.3 is 14.8 Å². The molecule has 2 aromatic heterocycles. The lowest BCUT2D eigenvalue weighted by molar-refractivity contribution is -0.122. The fraction of sp³-hybridized carbons (Fsp3) is 0.250. The van der Waals surface area contributed by atoms with Crippen LogP contribution in [0.15, 0.2) is 50.3 Å². The lowest BCUT2D eigenvalue weighted by atomic mass is 9.99. The van der Waals surface area contributed by atoms with Gasteiger partial charge in [-0.25, -0.2) is 4.79 Å². The van der Waals surface area contributed by atoms with E-state index >= 15 is 0 Å². The summed E-state index contributed by atoms with van der Waals surface area (Å²) in [7, 11) is 0. The van der Waals surface area contributed by atoms with Crippen LogP contribution in [-0.4, -0.2) is 22.1 Å². The van der Waals surface area contributed by atoms with Gasteiger partial charge in [0.25, 0.3) is 0 Å². The molecule has 0 aliphatic rings. The molecule has 0 aliphatic carbocycles. The van der Waals surface area contributed by atoms with Crippen LogP contribution in [0.3, 0.4) is 0 Å². The number of para-hydroxylation sites is 2. The predicted octanol–water partition coefficient (Wildman–Crippen LogP) is 1.68. The summed E-state index contributed by atoms with van der Waals surface area (Å²) < 4.78 is 6.35. The average Bonchev–Trinajstić information content (AvgIpc) is 3.15. The number of hydrogen-bond donors (Lipinski definition) is 2. The third kappa shape index (κ3) is 3.20. The zero-order valence-electron chi connectivity index (χ0n) is 12.5. The van der Waals surface area contributed by atoms with Gasteiger partial charge in [0.05, 0.1) is 12.1 Å². The Hall–Kier alpha value is -2.38. The molecule has 0 fully saturated rings. The summed E-state index contributed by atoms with van der Waals surface area (Å²) in [6.07, 6.45) is 0. The van der Waals surface area contributed by atoms with Crippen molar-refractivity contribution in [3.8, 4) is 0 Å². The number of thiophene rings is 1. The summed E-state index contributed by atoms with van der Waals surface area (Å²) >= 11 is 1.48. The summed E-state index contributed by atoms with van der Waals surface area (Å²) in [4.78, 5) is 23.9. The summed E-state index contributed by atoms with van der Waals surface area (Å²) in [5, 5.41) is 16.7. The van der Waals surface area contributed by atoms with Gasteiger partial charge in [-0.15, -0.1) is 0 Å². The normalized spacial score (nSPS) is 13.8. The molecule has 7 heteroatoms. The molecule has 0 aliphatic heterocycles. The fourth-order valence-corrected chi connectivity index (χ4v) is 3.09. The minimum absolute atomic E-state index is 0.0626. The molecule has 1 unspecified atom stereocenters. The largest absolute Gasteiger partial charge is 0.420 e. The van der Waals surface area contributed by atoms with Gasteiger partial charge in [-0.3, -0.25) is 9.36 Å². The van der Waals surface area contributed by atoms with Crippen molar-refractivity contribution in [3.63, 3.8) is 0 Å². The molecule has 2 heterocycles. The number of aliphatic hydroxyl groups is 1. The maximum atomic E-state index is 12.1. The number of amides is 1. The molecule has 0 radical (unpaired) electrons. The van der Waals surface area contributed by atoms with Gasteiger partial charge in [-0.05, 0) is 41.4 Å². The van der Waals surface area contributed by atoms with Crippen LogP contribution in [0.2, 0.25) is 0 Å². The van der Waals surface area contributed by atoms with Crippen LogP contribution in [0.5, 0.6) is 0 Å². The predicted molar refractivity (Wildman–Crippen MR) is 87.4 cm³/mol. The first kappa shape index (κ1) is 15.5. The minimum atomic E-state index is -1.15. The monoisotopic (exact) mass is 332 g/mol. The van der Waals surface area contributed by atoms with E-state index in [0.29, 0.717) is 11.1 Å². The lowest BCUT2D eigenvalue weighted by Crippen LogP contribution is -2.40. The SMILES string of the molecule is CC(O)(CNC(=O)Cn1c(=O)oc2ccccc21)c1ccsc1. The van der Waals surface area contributed by atoms with E-state index in [-0.39, 0.29) is 19.0 Å². The van der Waals surface area contributed by atoms with Crippen molar-refractivity contribution in [2.24, 2.45) is 0 Å². The van der Waals surface area contributed by atoms with Crippen molar-refractivity contribution < 1.29 is 14.3 Å². The number of nitrogens with one attached hydrogen (secondary N) is 1. The van der Waals surface area contributed by atoms with Crippen molar-refractivity contribution in [2.75, 3.05) is 6.54 Å². The molecule has 1 aromatic carbocycles. The third-order valence-electron chi connectivity index (χ3n) is 3.65. The minimum Gasteiger partial charge on any atom is -0.408 e. The molecular weight excluding hydrogens is 316 g/mol. The summed E-state index contributed by atoms with van der Waals surface area (Å²) in [6.45, 7) is 1.54. The average molecular weight is 332 g/mol. The van der Waals surface area contributed by atoms with E-state index in [1.807, 2.05) is 16.8 Å². The molecule has 0 saturated carbocycles. The van der Waals surface area contributed by atoms with Crippen molar-refractivity contribution in [2.45, 2.75) is 19.1 Å². The van der Waals surface area contributed by atoms with E-state index < -0.39 is 11.4 Å². The quantitative estimate of drug-likeness (QED) is 0.744. The topological polar surface area (TPSA) is 84.5 Å². The molecule has 0 saturated heterocycles. The zero-order chi connectivity index (χ0) is 16.4. The van der Waals surface area contributed by atoms with Crippen LogP contribution in [0.4, 0.5) is 0 Å². The Labute approximate surface area is 136 Å². The zero-order valence-corrected chi connectivity index (χ0v) is 13.3.